The maximum absolute atomic E-state index is 11.7. The molecule has 25 heavy (non-hydrogen) atoms. The van der Waals surface area contributed by atoms with Gasteiger partial charge in [-0.1, -0.05) is 44.8 Å². The Balaban J connectivity index is 3.54. The van der Waals surface area contributed by atoms with Gasteiger partial charge in [0.1, 0.15) is 6.04 Å². The third-order valence-corrected chi connectivity index (χ3v) is 4.31. The Labute approximate surface area is 153 Å². The maximum Gasteiger partial charge on any atom is 0.320 e. The molecule has 0 radical (unpaired) electrons. The minimum Gasteiger partial charge on any atom is -0.480 e. The van der Waals surface area contributed by atoms with E-state index in [-0.39, 0.29) is 5.91 Å². The van der Waals surface area contributed by atoms with E-state index in [9.17, 15) is 9.59 Å². The zero-order valence-electron chi connectivity index (χ0n) is 16.4. The summed E-state index contributed by atoms with van der Waals surface area (Å²) in [7, 11) is 3.55. The fourth-order valence-corrected chi connectivity index (χ4v) is 2.70. The van der Waals surface area contributed by atoms with Gasteiger partial charge in [-0.3, -0.25) is 14.5 Å². The molecule has 1 atom stereocenters. The topological polar surface area (TPSA) is 69.6 Å². The average Bonchev–Trinajstić information content (AvgIpc) is 2.55. The van der Waals surface area contributed by atoms with Crippen molar-refractivity contribution in [2.45, 2.75) is 83.6 Å². The van der Waals surface area contributed by atoms with Gasteiger partial charge in [-0.05, 0) is 52.6 Å². The molecule has 0 spiro atoms. The molecule has 0 aromatic rings. The number of hydrogen-bond acceptors (Lipinski definition) is 3. The summed E-state index contributed by atoms with van der Waals surface area (Å²) >= 11 is 0. The number of carboxylic acids is 1. The van der Waals surface area contributed by atoms with Gasteiger partial charge in [0.15, 0.2) is 0 Å². The van der Waals surface area contributed by atoms with Crippen LogP contribution in [0.2, 0.25) is 0 Å². The molecule has 0 aromatic heterocycles. The van der Waals surface area contributed by atoms with Crippen molar-refractivity contribution in [3.63, 3.8) is 0 Å². The lowest BCUT2D eigenvalue weighted by Gasteiger charge is -2.19. The van der Waals surface area contributed by atoms with Gasteiger partial charge in [0.2, 0.25) is 5.91 Å². The van der Waals surface area contributed by atoms with E-state index in [0.717, 1.165) is 25.7 Å². The Kier molecular flexibility index (Phi) is 15.2. The summed E-state index contributed by atoms with van der Waals surface area (Å²) in [5.74, 6) is -0.707. The second kappa shape index (κ2) is 16.1. The molecule has 0 aliphatic rings. The first-order chi connectivity index (χ1) is 12.0. The number of carbonyl (C=O) groups is 2. The van der Waals surface area contributed by atoms with Crippen LogP contribution < -0.4 is 5.32 Å². The lowest BCUT2D eigenvalue weighted by molar-refractivity contribution is -0.142. The highest BCUT2D eigenvalue weighted by atomic mass is 16.4. The van der Waals surface area contributed by atoms with Gasteiger partial charge in [0.05, 0.1) is 0 Å². The van der Waals surface area contributed by atoms with E-state index in [0.29, 0.717) is 19.4 Å². The molecule has 0 aliphatic carbocycles. The summed E-state index contributed by atoms with van der Waals surface area (Å²) in [5.41, 5.74) is 0. The van der Waals surface area contributed by atoms with Gasteiger partial charge in [-0.15, -0.1) is 0 Å². The fraction of sp³-hybridized carbons (Fsp3) is 0.800. The molecule has 0 aromatic carbocycles. The fourth-order valence-electron chi connectivity index (χ4n) is 2.70. The largest absolute Gasteiger partial charge is 0.480 e. The van der Waals surface area contributed by atoms with Crippen molar-refractivity contribution in [3.05, 3.63) is 12.2 Å². The molecule has 0 aliphatic heterocycles. The molecular weight excluding hydrogens is 316 g/mol. The molecule has 1 amide bonds. The smallest absolute Gasteiger partial charge is 0.320 e. The van der Waals surface area contributed by atoms with Crippen LogP contribution in [-0.2, 0) is 9.59 Å². The molecular formula is C20H38N2O3. The van der Waals surface area contributed by atoms with E-state index in [1.165, 1.54) is 32.1 Å². The SMILES string of the molecule is CCCCCCC/C=C/CCC(=O)NCCCC[C@@H](C(=O)O)N(C)C. The van der Waals surface area contributed by atoms with Gasteiger partial charge in [0.25, 0.3) is 0 Å². The average molecular weight is 355 g/mol. The Morgan fingerprint density at radius 1 is 1.00 bits per heavy atom. The van der Waals surface area contributed by atoms with Crippen LogP contribution in [0.15, 0.2) is 12.2 Å². The van der Waals surface area contributed by atoms with Crippen LogP contribution >= 0.6 is 0 Å². The predicted molar refractivity (Wildman–Crippen MR) is 104 cm³/mol. The first kappa shape index (κ1) is 23.6. The number of nitrogens with one attached hydrogen (secondary N) is 1. The van der Waals surface area contributed by atoms with E-state index >= 15 is 0 Å². The number of hydrogen-bond donors (Lipinski definition) is 2. The molecule has 2 N–H and O–H groups in total. The molecule has 5 nitrogen and oxygen atoms in total. The normalized spacial score (nSPS) is 12.6. The molecule has 5 heteroatoms. The van der Waals surface area contributed by atoms with Crippen LogP contribution in [0.4, 0.5) is 0 Å². The van der Waals surface area contributed by atoms with E-state index in [1.807, 2.05) is 0 Å². The van der Waals surface area contributed by atoms with Crippen LogP contribution in [0.25, 0.3) is 0 Å². The molecule has 146 valence electrons. The standard InChI is InChI=1S/C20H38N2O3/c1-4-5-6-7-8-9-10-11-12-16-19(23)21-17-14-13-15-18(20(24)25)22(2)3/h10-11,18H,4-9,12-17H2,1-3H3,(H,21,23)(H,24,25)/b11-10+/t18-/m0/s1. The summed E-state index contributed by atoms with van der Waals surface area (Å²) in [5, 5.41) is 12.0. The molecule has 0 unspecified atom stereocenters. The Hall–Kier alpha value is -1.36. The lowest BCUT2D eigenvalue weighted by Crippen LogP contribution is -2.35. The number of rotatable bonds is 16. The Bertz CT molecular complexity index is 381. The predicted octanol–water partition coefficient (Wildman–Crippen LogP) is 3.98. The maximum atomic E-state index is 11.7. The molecule has 0 rings (SSSR count). The number of likely N-dealkylation sites (N-methyl/N-ethyl adjacent to an activating group) is 1. The number of nitrogens with zero attached hydrogens (tertiary/aromatic N) is 1. The monoisotopic (exact) mass is 354 g/mol. The van der Waals surface area contributed by atoms with Gasteiger partial charge in [-0.25, -0.2) is 0 Å². The van der Waals surface area contributed by atoms with Crippen LogP contribution in [-0.4, -0.2) is 48.6 Å². The Morgan fingerprint density at radius 3 is 2.32 bits per heavy atom. The molecule has 0 bridgehead atoms. The first-order valence-corrected chi connectivity index (χ1v) is 9.80. The summed E-state index contributed by atoms with van der Waals surface area (Å²) in [6.07, 6.45) is 15.4. The van der Waals surface area contributed by atoms with Crippen LogP contribution in [0.1, 0.15) is 77.6 Å². The van der Waals surface area contributed by atoms with E-state index in [2.05, 4.69) is 24.4 Å². The number of carbonyl (C=O) groups excluding carboxylic acids is 1. The second-order valence-electron chi connectivity index (χ2n) is 6.88. The summed E-state index contributed by atoms with van der Waals surface area (Å²) < 4.78 is 0. The van der Waals surface area contributed by atoms with Crippen molar-refractivity contribution in [3.8, 4) is 0 Å². The highest BCUT2D eigenvalue weighted by Crippen LogP contribution is 2.07. The van der Waals surface area contributed by atoms with Crippen molar-refractivity contribution in [2.75, 3.05) is 20.6 Å². The minimum atomic E-state index is -0.786. The van der Waals surface area contributed by atoms with Gasteiger partial charge >= 0.3 is 5.97 Å². The zero-order chi connectivity index (χ0) is 18.9. The third-order valence-electron chi connectivity index (χ3n) is 4.31. The number of aliphatic carboxylic acids is 1. The van der Waals surface area contributed by atoms with Crippen molar-refractivity contribution < 1.29 is 14.7 Å². The van der Waals surface area contributed by atoms with Gasteiger partial charge in [-0.2, -0.15) is 0 Å². The quantitative estimate of drug-likeness (QED) is 0.325. The van der Waals surface area contributed by atoms with Crippen LogP contribution in [0, 0.1) is 0 Å². The zero-order valence-corrected chi connectivity index (χ0v) is 16.4. The van der Waals surface area contributed by atoms with E-state index < -0.39 is 12.0 Å². The molecule has 0 heterocycles. The third kappa shape index (κ3) is 14.7. The summed E-state index contributed by atoms with van der Waals surface area (Å²) in [6.45, 7) is 2.85. The highest BCUT2D eigenvalue weighted by Gasteiger charge is 2.18. The van der Waals surface area contributed by atoms with Crippen molar-refractivity contribution in [1.82, 2.24) is 10.2 Å². The van der Waals surface area contributed by atoms with Crippen LogP contribution in [0.5, 0.6) is 0 Å². The van der Waals surface area contributed by atoms with E-state index in [4.69, 9.17) is 5.11 Å². The first-order valence-electron chi connectivity index (χ1n) is 9.80. The Morgan fingerprint density at radius 2 is 1.68 bits per heavy atom. The summed E-state index contributed by atoms with van der Waals surface area (Å²) in [4.78, 5) is 24.5. The number of amides is 1. The van der Waals surface area contributed by atoms with Crippen molar-refractivity contribution >= 4 is 11.9 Å². The molecule has 0 saturated carbocycles. The van der Waals surface area contributed by atoms with Crippen LogP contribution in [0.3, 0.4) is 0 Å². The van der Waals surface area contributed by atoms with E-state index in [1.54, 1.807) is 19.0 Å². The summed E-state index contributed by atoms with van der Waals surface area (Å²) in [6, 6.07) is -0.442. The lowest BCUT2D eigenvalue weighted by atomic mass is 10.1. The second-order valence-corrected chi connectivity index (χ2v) is 6.88. The number of allylic oxidation sites excluding steroid dienone is 2. The van der Waals surface area contributed by atoms with Crippen molar-refractivity contribution in [2.24, 2.45) is 0 Å². The van der Waals surface area contributed by atoms with Gasteiger partial charge < -0.3 is 10.4 Å². The van der Waals surface area contributed by atoms with Crippen molar-refractivity contribution in [1.29, 1.82) is 0 Å². The minimum absolute atomic E-state index is 0.0787. The molecule has 0 saturated heterocycles. The van der Waals surface area contributed by atoms with Gasteiger partial charge in [0, 0.05) is 13.0 Å². The number of unbranched alkanes of at least 4 members (excludes halogenated alkanes) is 6. The molecule has 0 fully saturated rings. The number of carboxylic acid groups (broad SMARTS) is 1. The highest BCUT2D eigenvalue weighted by molar-refractivity contribution is 5.76.